The number of hydrogen-bond acceptors (Lipinski definition) is 5. The molecule has 1 heterocycles. The minimum absolute atomic E-state index is 0.535. The number of anilines is 1. The summed E-state index contributed by atoms with van der Waals surface area (Å²) in [6.07, 6.45) is 7.57. The molecular weight excluding hydrogens is 344 g/mol. The molecule has 6 heteroatoms. The Bertz CT molecular complexity index is 697. The van der Waals surface area contributed by atoms with Gasteiger partial charge in [-0.3, -0.25) is 0 Å². The molecule has 142 valence electrons. The van der Waals surface area contributed by atoms with Crippen LogP contribution < -0.4 is 10.1 Å². The molecule has 2 aromatic rings. The molecule has 0 aliphatic heterocycles. The van der Waals surface area contributed by atoms with Crippen molar-refractivity contribution in [2.45, 2.75) is 75.4 Å². The van der Waals surface area contributed by atoms with Crippen molar-refractivity contribution in [2.24, 2.45) is 0 Å². The number of ether oxygens (including phenoxy) is 1. The van der Waals surface area contributed by atoms with Crippen LogP contribution in [0.5, 0.6) is 5.75 Å². The molecule has 0 saturated heterocycles. The summed E-state index contributed by atoms with van der Waals surface area (Å²) < 4.78 is 7.72. The summed E-state index contributed by atoms with van der Waals surface area (Å²) in [4.78, 5) is 0. The van der Waals surface area contributed by atoms with E-state index in [0.29, 0.717) is 17.8 Å². The Morgan fingerprint density at radius 3 is 2.81 bits per heavy atom. The minimum atomic E-state index is 0.535. The van der Waals surface area contributed by atoms with Gasteiger partial charge in [-0.1, -0.05) is 50.9 Å². The zero-order valence-electron chi connectivity index (χ0n) is 16.1. The van der Waals surface area contributed by atoms with Crippen molar-refractivity contribution in [3.8, 4) is 5.75 Å². The highest BCUT2D eigenvalue weighted by atomic mass is 32.2. The van der Waals surface area contributed by atoms with E-state index in [1.54, 1.807) is 7.11 Å². The Balaban J connectivity index is 1.78. The third kappa shape index (κ3) is 4.72. The molecule has 1 atom stereocenters. The standard InChI is InChI=1S/C20H30N4OS/c1-4-15(2)26-20-23-22-19(24(20)17-10-6-5-7-11-17)14-21-16-9-8-12-18(13-16)25-3/h8-9,12-13,15,17,21H,4-7,10-11,14H2,1-3H3. The number of methoxy groups -OCH3 is 1. The van der Waals surface area contributed by atoms with Crippen LogP contribution in [-0.2, 0) is 6.54 Å². The second kappa shape index (κ2) is 9.31. The minimum Gasteiger partial charge on any atom is -0.497 e. The molecule has 1 aromatic carbocycles. The van der Waals surface area contributed by atoms with Gasteiger partial charge in [-0.25, -0.2) is 0 Å². The third-order valence-electron chi connectivity index (χ3n) is 5.08. The fraction of sp³-hybridized carbons (Fsp3) is 0.600. The van der Waals surface area contributed by atoms with Gasteiger partial charge in [0, 0.05) is 23.0 Å². The Hall–Kier alpha value is -1.69. The maximum Gasteiger partial charge on any atom is 0.191 e. The predicted octanol–water partition coefficient (Wildman–Crippen LogP) is 5.29. The van der Waals surface area contributed by atoms with Crippen molar-refractivity contribution in [2.75, 3.05) is 12.4 Å². The van der Waals surface area contributed by atoms with Crippen LogP contribution >= 0.6 is 11.8 Å². The Morgan fingerprint density at radius 2 is 2.08 bits per heavy atom. The number of aromatic nitrogens is 3. The lowest BCUT2D eigenvalue weighted by molar-refractivity contribution is 0.330. The highest BCUT2D eigenvalue weighted by Gasteiger charge is 2.23. The van der Waals surface area contributed by atoms with Gasteiger partial charge in [0.2, 0.25) is 0 Å². The van der Waals surface area contributed by atoms with Gasteiger partial charge in [0.15, 0.2) is 11.0 Å². The maximum absolute atomic E-state index is 5.31. The SMILES string of the molecule is CCC(C)Sc1nnc(CNc2cccc(OC)c2)n1C1CCCCC1. The average molecular weight is 375 g/mol. The van der Waals surface area contributed by atoms with Crippen molar-refractivity contribution in [3.05, 3.63) is 30.1 Å². The molecule has 1 fully saturated rings. The lowest BCUT2D eigenvalue weighted by Gasteiger charge is -2.26. The summed E-state index contributed by atoms with van der Waals surface area (Å²) in [6.45, 7) is 5.17. The van der Waals surface area contributed by atoms with Gasteiger partial charge < -0.3 is 14.6 Å². The second-order valence-corrected chi connectivity index (χ2v) is 8.39. The van der Waals surface area contributed by atoms with E-state index in [-0.39, 0.29) is 0 Å². The molecule has 1 aromatic heterocycles. The zero-order chi connectivity index (χ0) is 18.4. The second-order valence-electron chi connectivity index (χ2n) is 6.98. The van der Waals surface area contributed by atoms with Crippen molar-refractivity contribution < 1.29 is 4.74 Å². The smallest absolute Gasteiger partial charge is 0.191 e. The van der Waals surface area contributed by atoms with Crippen LogP contribution in [0.15, 0.2) is 29.4 Å². The molecule has 3 rings (SSSR count). The highest BCUT2D eigenvalue weighted by Crippen LogP contribution is 2.34. The monoisotopic (exact) mass is 374 g/mol. The summed E-state index contributed by atoms with van der Waals surface area (Å²) in [5.74, 6) is 1.89. The first-order valence-corrected chi connectivity index (χ1v) is 10.6. The largest absolute Gasteiger partial charge is 0.497 e. The molecular formula is C20H30N4OS. The number of hydrogen-bond donors (Lipinski definition) is 1. The number of nitrogens with one attached hydrogen (secondary N) is 1. The van der Waals surface area contributed by atoms with E-state index in [4.69, 9.17) is 4.74 Å². The quantitative estimate of drug-likeness (QED) is 0.636. The summed E-state index contributed by atoms with van der Waals surface area (Å²) in [5, 5.41) is 14.2. The number of rotatable bonds is 8. The fourth-order valence-corrected chi connectivity index (χ4v) is 4.37. The van der Waals surface area contributed by atoms with E-state index in [1.807, 2.05) is 30.0 Å². The first kappa shape index (κ1) is 19.1. The molecule has 0 bridgehead atoms. The summed E-state index contributed by atoms with van der Waals surface area (Å²) in [5.41, 5.74) is 1.04. The van der Waals surface area contributed by atoms with E-state index < -0.39 is 0 Å². The highest BCUT2D eigenvalue weighted by molar-refractivity contribution is 7.99. The Morgan fingerprint density at radius 1 is 1.27 bits per heavy atom. The van der Waals surface area contributed by atoms with Crippen LogP contribution in [0.2, 0.25) is 0 Å². The van der Waals surface area contributed by atoms with Crippen molar-refractivity contribution >= 4 is 17.4 Å². The molecule has 0 amide bonds. The van der Waals surface area contributed by atoms with E-state index in [0.717, 1.165) is 28.8 Å². The lowest BCUT2D eigenvalue weighted by Crippen LogP contribution is -2.18. The molecule has 1 N–H and O–H groups in total. The molecule has 1 aliphatic carbocycles. The topological polar surface area (TPSA) is 52.0 Å². The van der Waals surface area contributed by atoms with Gasteiger partial charge in [0.05, 0.1) is 13.7 Å². The number of benzene rings is 1. The van der Waals surface area contributed by atoms with Crippen LogP contribution in [0.1, 0.15) is 64.2 Å². The van der Waals surface area contributed by atoms with Gasteiger partial charge in [0.25, 0.3) is 0 Å². The Labute approximate surface area is 160 Å². The first-order chi connectivity index (χ1) is 12.7. The first-order valence-electron chi connectivity index (χ1n) is 9.69. The van der Waals surface area contributed by atoms with Crippen LogP contribution in [0, 0.1) is 0 Å². The van der Waals surface area contributed by atoms with Gasteiger partial charge in [0.1, 0.15) is 5.75 Å². The van der Waals surface area contributed by atoms with Gasteiger partial charge in [-0.2, -0.15) is 0 Å². The summed E-state index contributed by atoms with van der Waals surface area (Å²) in [6, 6.07) is 8.55. The van der Waals surface area contributed by atoms with Gasteiger partial charge in [-0.15, -0.1) is 10.2 Å². The molecule has 1 aliphatic rings. The molecule has 0 radical (unpaired) electrons. The van der Waals surface area contributed by atoms with Crippen LogP contribution in [-0.4, -0.2) is 27.1 Å². The number of nitrogens with zero attached hydrogens (tertiary/aromatic N) is 3. The fourth-order valence-electron chi connectivity index (χ4n) is 3.39. The van der Waals surface area contributed by atoms with E-state index in [1.165, 1.54) is 32.1 Å². The predicted molar refractivity (Wildman–Crippen MR) is 108 cm³/mol. The van der Waals surface area contributed by atoms with Crippen molar-refractivity contribution in [1.82, 2.24) is 14.8 Å². The summed E-state index contributed by atoms with van der Waals surface area (Å²) >= 11 is 1.85. The molecule has 0 spiro atoms. The van der Waals surface area contributed by atoms with E-state index in [2.05, 4.69) is 40.0 Å². The molecule has 1 unspecified atom stereocenters. The van der Waals surface area contributed by atoms with Crippen LogP contribution in [0.4, 0.5) is 5.69 Å². The zero-order valence-corrected chi connectivity index (χ0v) is 16.9. The van der Waals surface area contributed by atoms with Crippen molar-refractivity contribution in [3.63, 3.8) is 0 Å². The summed E-state index contributed by atoms with van der Waals surface area (Å²) in [7, 11) is 1.69. The molecule has 1 saturated carbocycles. The van der Waals surface area contributed by atoms with Gasteiger partial charge >= 0.3 is 0 Å². The maximum atomic E-state index is 5.31. The van der Waals surface area contributed by atoms with Crippen LogP contribution in [0.3, 0.4) is 0 Å². The van der Waals surface area contributed by atoms with E-state index in [9.17, 15) is 0 Å². The van der Waals surface area contributed by atoms with Crippen molar-refractivity contribution in [1.29, 1.82) is 0 Å². The number of thioether (sulfide) groups is 1. The van der Waals surface area contributed by atoms with Crippen LogP contribution in [0.25, 0.3) is 0 Å². The van der Waals surface area contributed by atoms with Gasteiger partial charge in [-0.05, 0) is 31.4 Å². The average Bonchev–Trinajstić information content (AvgIpc) is 3.09. The van der Waals surface area contributed by atoms with E-state index >= 15 is 0 Å². The normalized spacial score (nSPS) is 16.4. The third-order valence-corrected chi connectivity index (χ3v) is 6.30. The molecule has 5 nitrogen and oxygen atoms in total. The molecule has 26 heavy (non-hydrogen) atoms. The Kier molecular flexibility index (Phi) is 6.83. The lowest BCUT2D eigenvalue weighted by atomic mass is 9.95.